The molecule has 0 aliphatic heterocycles. The van der Waals surface area contributed by atoms with Crippen molar-refractivity contribution in [1.82, 2.24) is 14.1 Å². The lowest BCUT2D eigenvalue weighted by Crippen LogP contribution is -2.37. The summed E-state index contributed by atoms with van der Waals surface area (Å²) in [6.45, 7) is 0. The summed E-state index contributed by atoms with van der Waals surface area (Å²) in [5.41, 5.74) is 1.64. The molecule has 0 saturated heterocycles. The van der Waals surface area contributed by atoms with Gasteiger partial charge in [-0.2, -0.15) is 0 Å². The highest BCUT2D eigenvalue weighted by Crippen LogP contribution is 2.48. The van der Waals surface area contributed by atoms with Gasteiger partial charge in [0.2, 0.25) is 0 Å². The number of fused-ring (bicyclic) bond motifs is 4. The Morgan fingerprint density at radius 1 is 0.966 bits per heavy atom. The van der Waals surface area contributed by atoms with Crippen molar-refractivity contribution >= 4 is 11.0 Å². The molecule has 2 aromatic carbocycles. The topological polar surface area (TPSA) is 77.1 Å². The molecular weight excluding hydrogens is 373 g/mol. The first-order chi connectivity index (χ1) is 13.9. The van der Waals surface area contributed by atoms with Crippen molar-refractivity contribution in [2.24, 2.45) is 14.1 Å². The van der Waals surface area contributed by atoms with E-state index >= 15 is 0 Å². The molecule has 0 bridgehead atoms. The van der Waals surface area contributed by atoms with Gasteiger partial charge in [0.05, 0.1) is 11.1 Å². The molecule has 1 atom stereocenters. The Balaban J connectivity index is 2.09. The molecule has 5 rings (SSSR count). The summed E-state index contributed by atoms with van der Waals surface area (Å²) >= 11 is 0. The minimum atomic E-state index is -1.06. The van der Waals surface area contributed by atoms with Gasteiger partial charge in [-0.25, -0.2) is 14.2 Å². The van der Waals surface area contributed by atoms with Crippen LogP contribution in [0.15, 0.2) is 58.1 Å². The minimum absolute atomic E-state index is 0.102. The van der Waals surface area contributed by atoms with Crippen molar-refractivity contribution in [3.8, 4) is 22.4 Å². The van der Waals surface area contributed by atoms with Crippen molar-refractivity contribution in [3.05, 3.63) is 86.3 Å². The summed E-state index contributed by atoms with van der Waals surface area (Å²) in [6, 6.07) is 13.3. The summed E-state index contributed by atoms with van der Waals surface area (Å²) in [5, 5.41) is 11.2. The molecule has 144 valence electrons. The average Bonchev–Trinajstić information content (AvgIpc) is 3.02. The minimum Gasteiger partial charge on any atom is -0.384 e. The SMILES string of the molecule is Cn1c(=O)c2c(-c3ccccc3F)c3c(nc2n(C)c1=O)-c1ccccc1[C@@H]3O. The van der Waals surface area contributed by atoms with Gasteiger partial charge < -0.3 is 5.11 Å². The van der Waals surface area contributed by atoms with Crippen LogP contribution in [0.4, 0.5) is 4.39 Å². The molecule has 0 amide bonds. The van der Waals surface area contributed by atoms with E-state index in [1.54, 1.807) is 30.3 Å². The number of halogens is 1. The van der Waals surface area contributed by atoms with Crippen molar-refractivity contribution in [1.29, 1.82) is 0 Å². The van der Waals surface area contributed by atoms with Gasteiger partial charge >= 0.3 is 5.69 Å². The van der Waals surface area contributed by atoms with Crippen LogP contribution in [0.2, 0.25) is 0 Å². The molecule has 0 fully saturated rings. The number of aromatic nitrogens is 3. The van der Waals surface area contributed by atoms with Gasteiger partial charge in [-0.15, -0.1) is 0 Å². The van der Waals surface area contributed by atoms with Crippen LogP contribution in [-0.2, 0) is 14.1 Å². The maximum Gasteiger partial charge on any atom is 0.332 e. The number of rotatable bonds is 1. The van der Waals surface area contributed by atoms with Crippen LogP contribution in [0.25, 0.3) is 33.4 Å². The van der Waals surface area contributed by atoms with Gasteiger partial charge in [-0.1, -0.05) is 42.5 Å². The molecule has 7 heteroatoms. The highest BCUT2D eigenvalue weighted by molar-refractivity contribution is 5.99. The molecule has 1 aliphatic carbocycles. The monoisotopic (exact) mass is 389 g/mol. The van der Waals surface area contributed by atoms with E-state index in [0.717, 1.165) is 4.57 Å². The fraction of sp³-hybridized carbons (Fsp3) is 0.136. The van der Waals surface area contributed by atoms with Gasteiger partial charge in [0, 0.05) is 36.3 Å². The second kappa shape index (κ2) is 5.96. The van der Waals surface area contributed by atoms with Crippen molar-refractivity contribution in [2.75, 3.05) is 0 Å². The Bertz CT molecular complexity index is 1450. The summed E-state index contributed by atoms with van der Waals surface area (Å²) in [6.07, 6.45) is -1.06. The van der Waals surface area contributed by atoms with Gasteiger partial charge in [0.25, 0.3) is 5.56 Å². The first-order valence-corrected chi connectivity index (χ1v) is 9.07. The van der Waals surface area contributed by atoms with E-state index < -0.39 is 23.2 Å². The quantitative estimate of drug-likeness (QED) is 0.543. The van der Waals surface area contributed by atoms with Crippen molar-refractivity contribution < 1.29 is 9.50 Å². The van der Waals surface area contributed by atoms with E-state index in [2.05, 4.69) is 4.98 Å². The predicted molar refractivity (Wildman–Crippen MR) is 107 cm³/mol. The van der Waals surface area contributed by atoms with Crippen LogP contribution in [0.3, 0.4) is 0 Å². The zero-order valence-electron chi connectivity index (χ0n) is 15.7. The lowest BCUT2D eigenvalue weighted by molar-refractivity contribution is 0.225. The lowest BCUT2D eigenvalue weighted by atomic mass is 9.94. The third-order valence-electron chi connectivity index (χ3n) is 5.55. The number of aliphatic hydroxyl groups excluding tert-OH is 1. The van der Waals surface area contributed by atoms with Crippen LogP contribution >= 0.6 is 0 Å². The second-order valence-corrected chi connectivity index (χ2v) is 7.12. The normalized spacial score (nSPS) is 14.8. The third-order valence-corrected chi connectivity index (χ3v) is 5.55. The van der Waals surface area contributed by atoms with Crippen molar-refractivity contribution in [3.63, 3.8) is 0 Å². The Morgan fingerprint density at radius 3 is 2.34 bits per heavy atom. The molecule has 6 nitrogen and oxygen atoms in total. The smallest absolute Gasteiger partial charge is 0.332 e. The zero-order valence-corrected chi connectivity index (χ0v) is 15.7. The fourth-order valence-electron chi connectivity index (χ4n) is 4.12. The first kappa shape index (κ1) is 17.5. The summed E-state index contributed by atoms with van der Waals surface area (Å²) < 4.78 is 17.1. The maximum absolute atomic E-state index is 14.9. The van der Waals surface area contributed by atoms with E-state index in [9.17, 15) is 19.1 Å². The molecule has 2 heterocycles. The van der Waals surface area contributed by atoms with E-state index in [4.69, 9.17) is 0 Å². The predicted octanol–water partition coefficient (Wildman–Crippen LogP) is 2.50. The van der Waals surface area contributed by atoms with Gasteiger partial charge in [0.1, 0.15) is 11.9 Å². The molecule has 2 aromatic heterocycles. The van der Waals surface area contributed by atoms with E-state index in [1.807, 2.05) is 12.1 Å². The number of aryl methyl sites for hydroxylation is 1. The molecular formula is C22H16FN3O3. The van der Waals surface area contributed by atoms with Gasteiger partial charge in [-0.3, -0.25) is 13.9 Å². The van der Waals surface area contributed by atoms with E-state index in [-0.39, 0.29) is 22.2 Å². The Labute approximate surface area is 164 Å². The molecule has 0 spiro atoms. The molecule has 1 aliphatic rings. The molecule has 1 N–H and O–H groups in total. The van der Waals surface area contributed by atoms with Crippen LogP contribution in [0.5, 0.6) is 0 Å². The molecule has 0 unspecified atom stereocenters. The molecule has 29 heavy (non-hydrogen) atoms. The summed E-state index contributed by atoms with van der Waals surface area (Å²) in [5.74, 6) is -0.527. The number of benzene rings is 2. The Kier molecular flexibility index (Phi) is 3.60. The maximum atomic E-state index is 14.9. The largest absolute Gasteiger partial charge is 0.384 e. The lowest BCUT2D eigenvalue weighted by Gasteiger charge is -2.17. The average molecular weight is 389 g/mol. The number of aliphatic hydroxyl groups is 1. The Hall–Kier alpha value is -3.58. The zero-order chi connectivity index (χ0) is 20.4. The highest BCUT2D eigenvalue weighted by Gasteiger charge is 2.34. The fourth-order valence-corrected chi connectivity index (χ4v) is 4.12. The number of hydrogen-bond donors (Lipinski definition) is 1. The van der Waals surface area contributed by atoms with Crippen LogP contribution in [0, 0.1) is 5.82 Å². The molecule has 0 radical (unpaired) electrons. The van der Waals surface area contributed by atoms with Crippen LogP contribution < -0.4 is 11.2 Å². The Morgan fingerprint density at radius 2 is 1.62 bits per heavy atom. The highest BCUT2D eigenvalue weighted by atomic mass is 19.1. The second-order valence-electron chi connectivity index (χ2n) is 7.12. The summed E-state index contributed by atoms with van der Waals surface area (Å²) in [4.78, 5) is 30.2. The van der Waals surface area contributed by atoms with Gasteiger partial charge in [-0.05, 0) is 11.6 Å². The summed E-state index contributed by atoms with van der Waals surface area (Å²) in [7, 11) is 2.89. The van der Waals surface area contributed by atoms with Crippen LogP contribution in [-0.4, -0.2) is 19.2 Å². The van der Waals surface area contributed by atoms with E-state index in [1.165, 1.54) is 24.7 Å². The van der Waals surface area contributed by atoms with Crippen molar-refractivity contribution in [2.45, 2.75) is 6.10 Å². The van der Waals surface area contributed by atoms with Crippen LogP contribution in [0.1, 0.15) is 17.2 Å². The number of pyridine rings is 1. The van der Waals surface area contributed by atoms with E-state index in [0.29, 0.717) is 22.4 Å². The number of nitrogens with zero attached hydrogens (tertiary/aromatic N) is 3. The molecule has 0 saturated carbocycles. The standard InChI is InChI=1S/C22H16FN3O3/c1-25-20-17(21(28)26(2)22(25)29)15(13-9-5-6-10-14(13)23)16-18(24-20)11-7-3-4-8-12(11)19(16)27/h3-10,19,27H,1-2H3/t19-/m0/s1. The number of hydrogen-bond acceptors (Lipinski definition) is 4. The van der Waals surface area contributed by atoms with Gasteiger partial charge in [0.15, 0.2) is 5.65 Å². The first-order valence-electron chi connectivity index (χ1n) is 9.07. The molecule has 4 aromatic rings. The third kappa shape index (κ3) is 2.22.